The van der Waals surface area contributed by atoms with Crippen LogP contribution in [-0.2, 0) is 21.3 Å². The second-order valence-electron chi connectivity index (χ2n) is 7.08. The first-order valence-electron chi connectivity index (χ1n) is 9.83. The molecule has 0 spiro atoms. The molecule has 3 aromatic carbocycles. The Morgan fingerprint density at radius 1 is 0.969 bits per heavy atom. The van der Waals surface area contributed by atoms with Crippen molar-refractivity contribution >= 4 is 21.7 Å². The minimum atomic E-state index is -3.93. The van der Waals surface area contributed by atoms with Gasteiger partial charge in [-0.05, 0) is 35.4 Å². The number of nitrogens with zero attached hydrogens (tertiary/aromatic N) is 2. The maximum atomic E-state index is 13.0. The second-order valence-corrected chi connectivity index (χ2v) is 8.77. The summed E-state index contributed by atoms with van der Waals surface area (Å²) in [5.41, 5.74) is 2.92. The van der Waals surface area contributed by atoms with Crippen LogP contribution in [0.2, 0.25) is 0 Å². The van der Waals surface area contributed by atoms with Gasteiger partial charge in [0.1, 0.15) is 0 Å². The van der Waals surface area contributed by atoms with E-state index in [0.29, 0.717) is 12.1 Å². The van der Waals surface area contributed by atoms with Gasteiger partial charge in [0.2, 0.25) is 0 Å². The minimum Gasteiger partial charge on any atom is -0.465 e. The molecule has 32 heavy (non-hydrogen) atoms. The first-order chi connectivity index (χ1) is 15.5. The first-order valence-corrected chi connectivity index (χ1v) is 11.3. The number of para-hydroxylation sites is 1. The standard InChI is InChI=1S/C24H21N3O4S/c1-31-24(28)22-12-5-6-13-23(22)26-32(29,30)21-11-7-10-19(14-21)20-15-25-27(17-20)16-18-8-3-2-4-9-18/h2-15,17,26H,16H2,1H3. The number of hydrogen-bond donors (Lipinski definition) is 1. The summed E-state index contributed by atoms with van der Waals surface area (Å²) >= 11 is 0. The lowest BCUT2D eigenvalue weighted by molar-refractivity contribution is 0.0602. The molecule has 1 aromatic heterocycles. The molecule has 162 valence electrons. The van der Waals surface area contributed by atoms with E-state index in [0.717, 1.165) is 11.1 Å². The molecule has 1 N–H and O–H groups in total. The zero-order valence-electron chi connectivity index (χ0n) is 17.3. The van der Waals surface area contributed by atoms with Gasteiger partial charge in [-0.1, -0.05) is 54.6 Å². The topological polar surface area (TPSA) is 90.3 Å². The third-order valence-electron chi connectivity index (χ3n) is 4.88. The van der Waals surface area contributed by atoms with Gasteiger partial charge in [-0.3, -0.25) is 9.40 Å². The summed E-state index contributed by atoms with van der Waals surface area (Å²) in [5.74, 6) is -0.622. The van der Waals surface area contributed by atoms with E-state index in [9.17, 15) is 13.2 Å². The van der Waals surface area contributed by atoms with E-state index in [1.807, 2.05) is 42.6 Å². The smallest absolute Gasteiger partial charge is 0.339 e. The SMILES string of the molecule is COC(=O)c1ccccc1NS(=O)(=O)c1cccc(-c2cnn(Cc3ccccc3)c2)c1. The Labute approximate surface area is 186 Å². The number of carbonyl (C=O) groups excluding carboxylic acids is 1. The van der Waals surface area contributed by atoms with E-state index in [1.54, 1.807) is 35.1 Å². The van der Waals surface area contributed by atoms with Crippen LogP contribution in [0.25, 0.3) is 11.1 Å². The summed E-state index contributed by atoms with van der Waals surface area (Å²) in [5, 5.41) is 4.39. The van der Waals surface area contributed by atoms with Gasteiger partial charge in [0.25, 0.3) is 10.0 Å². The van der Waals surface area contributed by atoms with E-state index in [2.05, 4.69) is 9.82 Å². The van der Waals surface area contributed by atoms with Crippen molar-refractivity contribution in [3.05, 3.63) is 102 Å². The lowest BCUT2D eigenvalue weighted by atomic mass is 10.1. The number of benzene rings is 3. The number of ether oxygens (including phenoxy) is 1. The molecule has 0 unspecified atom stereocenters. The Morgan fingerprint density at radius 2 is 1.72 bits per heavy atom. The van der Waals surface area contributed by atoms with Crippen LogP contribution in [0.15, 0.2) is 96.2 Å². The van der Waals surface area contributed by atoms with Crippen LogP contribution in [0, 0.1) is 0 Å². The predicted octanol–water partition coefficient (Wildman–Crippen LogP) is 4.19. The zero-order chi connectivity index (χ0) is 22.6. The molecule has 0 aliphatic heterocycles. The molecular formula is C24H21N3O4S. The average molecular weight is 448 g/mol. The largest absolute Gasteiger partial charge is 0.465 e. The molecule has 0 aliphatic rings. The highest BCUT2D eigenvalue weighted by Crippen LogP contribution is 2.25. The van der Waals surface area contributed by atoms with Crippen LogP contribution in [0.1, 0.15) is 15.9 Å². The number of carbonyl (C=O) groups is 1. The van der Waals surface area contributed by atoms with Crippen LogP contribution < -0.4 is 4.72 Å². The summed E-state index contributed by atoms with van der Waals surface area (Å²) in [6.45, 7) is 0.616. The summed E-state index contributed by atoms with van der Waals surface area (Å²) in [4.78, 5) is 12.0. The second kappa shape index (κ2) is 9.07. The summed E-state index contributed by atoms with van der Waals surface area (Å²) in [7, 11) is -2.69. The van der Waals surface area contributed by atoms with E-state index in [-0.39, 0.29) is 16.1 Å². The Hall–Kier alpha value is -3.91. The van der Waals surface area contributed by atoms with Crippen molar-refractivity contribution in [1.82, 2.24) is 9.78 Å². The molecule has 0 fully saturated rings. The van der Waals surface area contributed by atoms with E-state index >= 15 is 0 Å². The van der Waals surface area contributed by atoms with E-state index in [1.165, 1.54) is 25.3 Å². The van der Waals surface area contributed by atoms with Crippen LogP contribution in [-0.4, -0.2) is 31.3 Å². The number of rotatable bonds is 7. The van der Waals surface area contributed by atoms with E-state index in [4.69, 9.17) is 4.74 Å². The third-order valence-corrected chi connectivity index (χ3v) is 6.24. The molecule has 4 rings (SSSR count). The van der Waals surface area contributed by atoms with Crippen LogP contribution in [0.5, 0.6) is 0 Å². The lowest BCUT2D eigenvalue weighted by Gasteiger charge is -2.12. The van der Waals surface area contributed by atoms with Gasteiger partial charge in [-0.2, -0.15) is 5.10 Å². The maximum absolute atomic E-state index is 13.0. The number of esters is 1. The molecule has 0 atom stereocenters. The van der Waals surface area contributed by atoms with Crippen molar-refractivity contribution in [2.75, 3.05) is 11.8 Å². The molecule has 8 heteroatoms. The van der Waals surface area contributed by atoms with Crippen molar-refractivity contribution in [2.45, 2.75) is 11.4 Å². The van der Waals surface area contributed by atoms with Crippen molar-refractivity contribution in [3.63, 3.8) is 0 Å². The van der Waals surface area contributed by atoms with Gasteiger partial charge in [-0.25, -0.2) is 13.2 Å². The molecular weight excluding hydrogens is 426 g/mol. The van der Waals surface area contributed by atoms with Gasteiger partial charge in [-0.15, -0.1) is 0 Å². The number of hydrogen-bond acceptors (Lipinski definition) is 5. The average Bonchev–Trinajstić information content (AvgIpc) is 3.28. The molecule has 0 amide bonds. The summed E-state index contributed by atoms with van der Waals surface area (Å²) in [6.07, 6.45) is 3.58. The monoisotopic (exact) mass is 447 g/mol. The highest BCUT2D eigenvalue weighted by molar-refractivity contribution is 7.92. The minimum absolute atomic E-state index is 0.0745. The Kier molecular flexibility index (Phi) is 6.04. The van der Waals surface area contributed by atoms with Gasteiger partial charge in [0, 0.05) is 11.8 Å². The highest BCUT2D eigenvalue weighted by atomic mass is 32.2. The fourth-order valence-electron chi connectivity index (χ4n) is 3.28. The number of methoxy groups -OCH3 is 1. The normalized spacial score (nSPS) is 11.2. The van der Waals surface area contributed by atoms with Crippen LogP contribution >= 0.6 is 0 Å². The maximum Gasteiger partial charge on any atom is 0.339 e. The van der Waals surface area contributed by atoms with Crippen molar-refractivity contribution in [1.29, 1.82) is 0 Å². The molecule has 0 saturated heterocycles. The zero-order valence-corrected chi connectivity index (χ0v) is 18.1. The number of aromatic nitrogens is 2. The predicted molar refractivity (Wildman–Crippen MR) is 122 cm³/mol. The Bertz CT molecular complexity index is 1350. The summed E-state index contributed by atoms with van der Waals surface area (Å²) < 4.78 is 35.0. The summed E-state index contributed by atoms with van der Waals surface area (Å²) in [6, 6.07) is 22.8. The Balaban J connectivity index is 1.59. The van der Waals surface area contributed by atoms with Gasteiger partial charge >= 0.3 is 5.97 Å². The fourth-order valence-corrected chi connectivity index (χ4v) is 4.40. The van der Waals surface area contributed by atoms with Crippen molar-refractivity contribution in [3.8, 4) is 11.1 Å². The molecule has 1 heterocycles. The van der Waals surface area contributed by atoms with Crippen LogP contribution in [0.3, 0.4) is 0 Å². The van der Waals surface area contributed by atoms with Crippen LogP contribution in [0.4, 0.5) is 5.69 Å². The molecule has 0 aliphatic carbocycles. The molecule has 0 radical (unpaired) electrons. The molecule has 4 aromatic rings. The van der Waals surface area contributed by atoms with Crippen molar-refractivity contribution in [2.24, 2.45) is 0 Å². The molecule has 0 saturated carbocycles. The molecule has 7 nitrogen and oxygen atoms in total. The number of nitrogens with one attached hydrogen (secondary N) is 1. The van der Waals surface area contributed by atoms with Gasteiger partial charge < -0.3 is 4.74 Å². The van der Waals surface area contributed by atoms with Crippen molar-refractivity contribution < 1.29 is 17.9 Å². The Morgan fingerprint density at radius 3 is 2.50 bits per heavy atom. The lowest BCUT2D eigenvalue weighted by Crippen LogP contribution is -2.16. The van der Waals surface area contributed by atoms with Gasteiger partial charge in [0.15, 0.2) is 0 Å². The third kappa shape index (κ3) is 4.70. The van der Waals surface area contributed by atoms with Gasteiger partial charge in [0.05, 0.1) is 36.0 Å². The first kappa shape index (κ1) is 21.3. The molecule has 0 bridgehead atoms. The fraction of sp³-hybridized carbons (Fsp3) is 0.0833. The quantitative estimate of drug-likeness (QED) is 0.429. The number of sulfonamides is 1. The highest BCUT2D eigenvalue weighted by Gasteiger charge is 2.19. The van der Waals surface area contributed by atoms with E-state index < -0.39 is 16.0 Å². The number of anilines is 1.